The van der Waals surface area contributed by atoms with Crippen molar-refractivity contribution in [1.29, 1.82) is 0 Å². The molecular formula is C19H18IN3O4. The number of fused-ring (bicyclic) bond motifs is 1. The van der Waals surface area contributed by atoms with Crippen molar-refractivity contribution in [3.63, 3.8) is 0 Å². The van der Waals surface area contributed by atoms with Gasteiger partial charge in [-0.25, -0.2) is 5.43 Å². The number of ether oxygens (including phenoxy) is 2. The first-order valence-electron chi connectivity index (χ1n) is 8.30. The monoisotopic (exact) mass is 479 g/mol. The summed E-state index contributed by atoms with van der Waals surface area (Å²) in [5.41, 5.74) is 4.07. The molecule has 2 N–H and O–H groups in total. The minimum Gasteiger partial charge on any atom is -0.486 e. The summed E-state index contributed by atoms with van der Waals surface area (Å²) >= 11 is 2.17. The molecule has 0 saturated carbocycles. The van der Waals surface area contributed by atoms with E-state index in [1.807, 2.05) is 12.1 Å². The molecule has 1 aliphatic rings. The summed E-state index contributed by atoms with van der Waals surface area (Å²) in [5, 5.41) is 6.76. The molecule has 1 heterocycles. The molecule has 0 aromatic heterocycles. The lowest BCUT2D eigenvalue weighted by Crippen LogP contribution is -2.21. The van der Waals surface area contributed by atoms with E-state index >= 15 is 0 Å². The second-order valence-electron chi connectivity index (χ2n) is 5.88. The van der Waals surface area contributed by atoms with Crippen LogP contribution in [0.25, 0.3) is 0 Å². The Morgan fingerprint density at radius 1 is 1.07 bits per heavy atom. The van der Waals surface area contributed by atoms with Gasteiger partial charge in [0.2, 0.25) is 5.91 Å². The predicted molar refractivity (Wildman–Crippen MR) is 110 cm³/mol. The largest absolute Gasteiger partial charge is 0.486 e. The van der Waals surface area contributed by atoms with Crippen LogP contribution in [0.1, 0.15) is 23.7 Å². The number of nitrogens with zero attached hydrogens (tertiary/aromatic N) is 1. The van der Waals surface area contributed by atoms with Crippen LogP contribution in [0.5, 0.6) is 11.5 Å². The molecule has 1 aliphatic heterocycles. The number of benzene rings is 2. The van der Waals surface area contributed by atoms with Crippen molar-refractivity contribution in [2.45, 2.75) is 13.3 Å². The van der Waals surface area contributed by atoms with Gasteiger partial charge in [0, 0.05) is 26.6 Å². The Bertz CT molecular complexity index is 881. The molecule has 140 valence electrons. The third kappa shape index (κ3) is 5.43. The number of carbonyl (C=O) groups is 2. The molecule has 0 radical (unpaired) electrons. The highest BCUT2D eigenvalue weighted by Gasteiger charge is 2.13. The first kappa shape index (κ1) is 19.2. The number of anilines is 1. The molecule has 27 heavy (non-hydrogen) atoms. The van der Waals surface area contributed by atoms with Crippen molar-refractivity contribution in [2.24, 2.45) is 5.10 Å². The highest BCUT2D eigenvalue weighted by molar-refractivity contribution is 14.1. The standard InChI is InChI=1S/C19H18IN3O4/c1-12(22-23-19(25)13-2-4-14(20)5-3-13)10-18(24)21-15-6-7-16-17(11-15)27-9-8-26-16/h2-7,11H,8-10H2,1H3,(H,21,24)(H,23,25). The third-order valence-electron chi connectivity index (χ3n) is 3.70. The minimum atomic E-state index is -0.321. The van der Waals surface area contributed by atoms with Gasteiger partial charge in [-0.1, -0.05) is 0 Å². The Hall–Kier alpha value is -2.62. The maximum Gasteiger partial charge on any atom is 0.271 e. The number of amides is 2. The van der Waals surface area contributed by atoms with Gasteiger partial charge in [-0.15, -0.1) is 0 Å². The van der Waals surface area contributed by atoms with Crippen LogP contribution >= 0.6 is 22.6 Å². The Kier molecular flexibility index (Phi) is 6.28. The van der Waals surface area contributed by atoms with E-state index in [0.717, 1.165) is 3.57 Å². The molecule has 0 bridgehead atoms. The Morgan fingerprint density at radius 3 is 2.52 bits per heavy atom. The maximum absolute atomic E-state index is 12.2. The van der Waals surface area contributed by atoms with E-state index in [0.29, 0.717) is 41.7 Å². The van der Waals surface area contributed by atoms with Crippen LogP contribution in [-0.4, -0.2) is 30.7 Å². The van der Waals surface area contributed by atoms with Gasteiger partial charge in [0.1, 0.15) is 13.2 Å². The Balaban J connectivity index is 1.53. The number of hydrazone groups is 1. The van der Waals surface area contributed by atoms with Gasteiger partial charge < -0.3 is 14.8 Å². The molecule has 0 atom stereocenters. The van der Waals surface area contributed by atoms with Crippen LogP contribution in [0.3, 0.4) is 0 Å². The van der Waals surface area contributed by atoms with E-state index in [4.69, 9.17) is 9.47 Å². The van der Waals surface area contributed by atoms with Gasteiger partial charge in [-0.05, 0) is 65.9 Å². The zero-order valence-electron chi connectivity index (χ0n) is 14.6. The average Bonchev–Trinajstić information content (AvgIpc) is 2.66. The van der Waals surface area contributed by atoms with Gasteiger partial charge in [0.15, 0.2) is 11.5 Å². The van der Waals surface area contributed by atoms with E-state index in [1.165, 1.54) is 0 Å². The fraction of sp³-hybridized carbons (Fsp3) is 0.211. The molecule has 0 unspecified atom stereocenters. The lowest BCUT2D eigenvalue weighted by molar-refractivity contribution is -0.115. The normalized spacial score (nSPS) is 13.0. The molecule has 0 saturated heterocycles. The number of nitrogens with one attached hydrogen (secondary N) is 2. The summed E-state index contributed by atoms with van der Waals surface area (Å²) in [5.74, 6) is 0.707. The minimum absolute atomic E-state index is 0.0570. The smallest absolute Gasteiger partial charge is 0.271 e. The van der Waals surface area contributed by atoms with Crippen molar-refractivity contribution >= 4 is 45.8 Å². The molecule has 2 amide bonds. The van der Waals surface area contributed by atoms with Crippen molar-refractivity contribution in [2.75, 3.05) is 18.5 Å². The summed E-state index contributed by atoms with van der Waals surface area (Å²) in [6.07, 6.45) is 0.0570. The lowest BCUT2D eigenvalue weighted by Gasteiger charge is -2.19. The van der Waals surface area contributed by atoms with E-state index in [-0.39, 0.29) is 18.2 Å². The van der Waals surface area contributed by atoms with Gasteiger partial charge in [-0.2, -0.15) is 5.10 Å². The fourth-order valence-corrected chi connectivity index (χ4v) is 2.77. The summed E-state index contributed by atoms with van der Waals surface area (Å²) in [7, 11) is 0. The van der Waals surface area contributed by atoms with E-state index in [1.54, 1.807) is 37.3 Å². The van der Waals surface area contributed by atoms with Crippen LogP contribution in [-0.2, 0) is 4.79 Å². The molecule has 0 aliphatic carbocycles. The van der Waals surface area contributed by atoms with E-state index in [2.05, 4.69) is 38.4 Å². The number of hydrogen-bond donors (Lipinski definition) is 2. The number of carbonyl (C=O) groups excluding carboxylic acids is 2. The second-order valence-corrected chi connectivity index (χ2v) is 7.12. The van der Waals surface area contributed by atoms with Crippen LogP contribution in [0.15, 0.2) is 47.6 Å². The lowest BCUT2D eigenvalue weighted by atomic mass is 10.2. The highest BCUT2D eigenvalue weighted by Crippen LogP contribution is 2.32. The first-order valence-corrected chi connectivity index (χ1v) is 9.38. The van der Waals surface area contributed by atoms with Crippen LogP contribution in [0.4, 0.5) is 5.69 Å². The Labute approximate surface area is 170 Å². The molecular weight excluding hydrogens is 461 g/mol. The third-order valence-corrected chi connectivity index (χ3v) is 4.42. The van der Waals surface area contributed by atoms with Crippen molar-refractivity contribution in [3.8, 4) is 11.5 Å². The fourth-order valence-electron chi connectivity index (χ4n) is 2.41. The Morgan fingerprint density at radius 2 is 1.78 bits per heavy atom. The zero-order chi connectivity index (χ0) is 19.2. The second kappa shape index (κ2) is 8.85. The topological polar surface area (TPSA) is 89.0 Å². The van der Waals surface area contributed by atoms with Gasteiger partial charge in [0.05, 0.1) is 6.42 Å². The summed E-state index contributed by atoms with van der Waals surface area (Å²) in [4.78, 5) is 24.2. The number of halogens is 1. The quantitative estimate of drug-likeness (QED) is 0.392. The summed E-state index contributed by atoms with van der Waals surface area (Å²) < 4.78 is 12.0. The highest BCUT2D eigenvalue weighted by atomic mass is 127. The summed E-state index contributed by atoms with van der Waals surface area (Å²) in [6.45, 7) is 2.68. The van der Waals surface area contributed by atoms with Crippen molar-refractivity contribution < 1.29 is 19.1 Å². The average molecular weight is 479 g/mol. The van der Waals surface area contributed by atoms with Crippen LogP contribution in [0.2, 0.25) is 0 Å². The molecule has 8 heteroatoms. The zero-order valence-corrected chi connectivity index (χ0v) is 16.8. The van der Waals surface area contributed by atoms with Gasteiger partial charge >= 0.3 is 0 Å². The SMILES string of the molecule is CC(CC(=O)Nc1ccc2c(c1)OCCO2)=NNC(=O)c1ccc(I)cc1. The number of hydrogen-bond acceptors (Lipinski definition) is 5. The maximum atomic E-state index is 12.2. The molecule has 2 aromatic rings. The van der Waals surface area contributed by atoms with E-state index in [9.17, 15) is 9.59 Å². The molecule has 0 spiro atoms. The molecule has 7 nitrogen and oxygen atoms in total. The van der Waals surface area contributed by atoms with Gasteiger partial charge in [-0.3, -0.25) is 9.59 Å². The van der Waals surface area contributed by atoms with Crippen molar-refractivity contribution in [1.82, 2.24) is 5.43 Å². The molecule has 0 fully saturated rings. The number of rotatable bonds is 5. The first-order chi connectivity index (χ1) is 13.0. The van der Waals surface area contributed by atoms with Crippen LogP contribution in [0, 0.1) is 3.57 Å². The molecule has 2 aromatic carbocycles. The predicted octanol–water partition coefficient (Wildman–Crippen LogP) is 3.20. The molecule has 3 rings (SSSR count). The van der Waals surface area contributed by atoms with Gasteiger partial charge in [0.25, 0.3) is 5.91 Å². The summed E-state index contributed by atoms with van der Waals surface area (Å²) in [6, 6.07) is 12.3. The van der Waals surface area contributed by atoms with Crippen LogP contribution < -0.4 is 20.2 Å². The van der Waals surface area contributed by atoms with E-state index < -0.39 is 0 Å². The van der Waals surface area contributed by atoms with Crippen molar-refractivity contribution in [3.05, 3.63) is 51.6 Å².